The number of aliphatic hydroxyl groups is 3. The third-order valence-corrected chi connectivity index (χ3v) is 5.22. The van der Waals surface area contributed by atoms with E-state index in [1.54, 1.807) is 0 Å². The molecule has 1 heterocycles. The first kappa shape index (κ1) is 24.6. The maximum atomic E-state index is 9.81. The largest absolute Gasteiger partial charge is 0.394 e. The quantitative estimate of drug-likeness (QED) is 0.262. The summed E-state index contributed by atoms with van der Waals surface area (Å²) in [6, 6.07) is 0. The second-order valence-electron chi connectivity index (χ2n) is 7.68. The predicted molar refractivity (Wildman–Crippen MR) is 109 cm³/mol. The molecule has 5 nitrogen and oxygen atoms in total. The lowest BCUT2D eigenvalue weighted by atomic mass is 10.1. The van der Waals surface area contributed by atoms with E-state index in [9.17, 15) is 15.3 Å². The van der Waals surface area contributed by atoms with Crippen LogP contribution in [0.15, 0.2) is 12.2 Å². The Labute approximate surface area is 165 Å². The van der Waals surface area contributed by atoms with Crippen molar-refractivity contribution in [2.24, 2.45) is 0 Å². The van der Waals surface area contributed by atoms with Crippen molar-refractivity contribution >= 4 is 0 Å². The molecule has 0 aliphatic carbocycles. The first-order chi connectivity index (χ1) is 13.2. The van der Waals surface area contributed by atoms with E-state index < -0.39 is 24.4 Å². The molecule has 1 aliphatic rings. The Morgan fingerprint density at radius 1 is 0.926 bits per heavy atom. The summed E-state index contributed by atoms with van der Waals surface area (Å²) < 4.78 is 11.0. The van der Waals surface area contributed by atoms with Crippen LogP contribution in [-0.2, 0) is 9.47 Å². The number of hydrogen-bond acceptors (Lipinski definition) is 5. The Morgan fingerprint density at radius 2 is 1.52 bits per heavy atom. The Morgan fingerprint density at radius 3 is 2.07 bits per heavy atom. The van der Waals surface area contributed by atoms with Gasteiger partial charge in [-0.25, -0.2) is 0 Å². The molecule has 4 atom stereocenters. The van der Waals surface area contributed by atoms with Gasteiger partial charge in [0.2, 0.25) is 0 Å². The lowest BCUT2D eigenvalue weighted by Crippen LogP contribution is -2.42. The van der Waals surface area contributed by atoms with Gasteiger partial charge in [0.25, 0.3) is 0 Å². The summed E-state index contributed by atoms with van der Waals surface area (Å²) in [6.07, 6.45) is 16.5. The van der Waals surface area contributed by atoms with Crippen molar-refractivity contribution in [3.8, 4) is 0 Å². The first-order valence-corrected chi connectivity index (χ1v) is 11.1. The van der Waals surface area contributed by atoms with Gasteiger partial charge in [-0.1, -0.05) is 64.0 Å². The molecule has 0 radical (unpaired) electrons. The zero-order valence-electron chi connectivity index (χ0n) is 17.2. The molecule has 27 heavy (non-hydrogen) atoms. The van der Waals surface area contributed by atoms with Crippen LogP contribution in [0.1, 0.15) is 84.0 Å². The van der Waals surface area contributed by atoms with E-state index in [0.29, 0.717) is 6.61 Å². The zero-order valence-corrected chi connectivity index (χ0v) is 17.2. The average molecular weight is 387 g/mol. The fourth-order valence-electron chi connectivity index (χ4n) is 3.44. The summed E-state index contributed by atoms with van der Waals surface area (Å²) in [7, 11) is 0. The van der Waals surface area contributed by atoms with E-state index in [0.717, 1.165) is 19.3 Å². The van der Waals surface area contributed by atoms with E-state index in [4.69, 9.17) is 9.47 Å². The third-order valence-electron chi connectivity index (χ3n) is 5.22. The number of rotatable bonds is 17. The van der Waals surface area contributed by atoms with E-state index >= 15 is 0 Å². The smallest absolute Gasteiger partial charge is 0.114 e. The van der Waals surface area contributed by atoms with Gasteiger partial charge in [0.15, 0.2) is 0 Å². The molecule has 1 fully saturated rings. The predicted octanol–water partition coefficient (Wildman–Crippen LogP) is 3.74. The van der Waals surface area contributed by atoms with Crippen LogP contribution in [-0.4, -0.2) is 59.6 Å². The number of unbranched alkanes of at least 4 members (excludes halogenated alkanes) is 10. The number of allylic oxidation sites excluding steroid dienone is 2. The molecule has 0 aromatic carbocycles. The van der Waals surface area contributed by atoms with Crippen LogP contribution in [0.4, 0.5) is 0 Å². The van der Waals surface area contributed by atoms with Crippen molar-refractivity contribution in [3.05, 3.63) is 12.2 Å². The van der Waals surface area contributed by atoms with Crippen LogP contribution < -0.4 is 0 Å². The van der Waals surface area contributed by atoms with Crippen molar-refractivity contribution in [2.45, 2.75) is 108 Å². The van der Waals surface area contributed by atoms with Crippen LogP contribution in [0.2, 0.25) is 0 Å². The molecule has 1 rings (SSSR count). The van der Waals surface area contributed by atoms with Gasteiger partial charge in [-0.15, -0.1) is 0 Å². The molecule has 3 N–H and O–H groups in total. The van der Waals surface area contributed by atoms with Gasteiger partial charge in [0.05, 0.1) is 13.2 Å². The molecule has 5 heteroatoms. The minimum Gasteiger partial charge on any atom is -0.394 e. The van der Waals surface area contributed by atoms with Gasteiger partial charge in [-0.05, 0) is 32.1 Å². The Hall–Kier alpha value is -0.460. The minimum atomic E-state index is -0.981. The van der Waals surface area contributed by atoms with Gasteiger partial charge in [-0.2, -0.15) is 0 Å². The highest BCUT2D eigenvalue weighted by atomic mass is 16.6. The van der Waals surface area contributed by atoms with Gasteiger partial charge in [0, 0.05) is 6.61 Å². The maximum Gasteiger partial charge on any atom is 0.114 e. The van der Waals surface area contributed by atoms with Crippen LogP contribution in [0.25, 0.3) is 0 Å². The normalized spacial score (nSPS) is 24.1. The molecule has 160 valence electrons. The molecular weight excluding hydrogens is 344 g/mol. The summed E-state index contributed by atoms with van der Waals surface area (Å²) in [6.45, 7) is 2.68. The molecule has 0 aromatic heterocycles. The standard InChI is InChI=1S/C22H42O5/c1-2-3-4-5-6-7-8-9-10-11-12-13-14-15-16-26-20(17-23)22-21(25)19(24)18-27-22/h9-10,19-25H,2-8,11-18H2,1H3/b10-9+/t19-,20+,21+,22+/m0/s1. The van der Waals surface area contributed by atoms with Crippen molar-refractivity contribution in [1.29, 1.82) is 0 Å². The summed E-state index contributed by atoms with van der Waals surface area (Å²) in [5.74, 6) is 0. The summed E-state index contributed by atoms with van der Waals surface area (Å²) >= 11 is 0. The molecule has 0 aromatic rings. The molecule has 0 unspecified atom stereocenters. The fourth-order valence-corrected chi connectivity index (χ4v) is 3.44. The molecule has 1 saturated heterocycles. The fraction of sp³-hybridized carbons (Fsp3) is 0.909. The Bertz CT molecular complexity index is 361. The molecule has 1 aliphatic heterocycles. The van der Waals surface area contributed by atoms with Gasteiger partial charge < -0.3 is 24.8 Å². The summed E-state index contributed by atoms with van der Waals surface area (Å²) in [4.78, 5) is 0. The highest BCUT2D eigenvalue weighted by molar-refractivity contribution is 4.88. The highest BCUT2D eigenvalue weighted by Crippen LogP contribution is 2.20. The maximum absolute atomic E-state index is 9.81. The first-order valence-electron chi connectivity index (χ1n) is 11.1. The van der Waals surface area contributed by atoms with Crippen LogP contribution >= 0.6 is 0 Å². The van der Waals surface area contributed by atoms with Crippen molar-refractivity contribution in [1.82, 2.24) is 0 Å². The zero-order chi connectivity index (χ0) is 19.7. The number of aliphatic hydroxyl groups excluding tert-OH is 3. The molecular formula is C22H42O5. The third kappa shape index (κ3) is 11.2. The Kier molecular flexibility index (Phi) is 15.0. The second-order valence-corrected chi connectivity index (χ2v) is 7.68. The molecule has 0 bridgehead atoms. The summed E-state index contributed by atoms with van der Waals surface area (Å²) in [5.41, 5.74) is 0. The minimum absolute atomic E-state index is 0.0953. The van der Waals surface area contributed by atoms with E-state index in [2.05, 4.69) is 19.1 Å². The van der Waals surface area contributed by atoms with Gasteiger partial charge in [-0.3, -0.25) is 0 Å². The second kappa shape index (κ2) is 16.5. The van der Waals surface area contributed by atoms with E-state index in [1.807, 2.05) is 0 Å². The highest BCUT2D eigenvalue weighted by Gasteiger charge is 2.40. The van der Waals surface area contributed by atoms with E-state index in [1.165, 1.54) is 57.8 Å². The monoisotopic (exact) mass is 386 g/mol. The van der Waals surface area contributed by atoms with Crippen molar-refractivity contribution < 1.29 is 24.8 Å². The lowest BCUT2D eigenvalue weighted by molar-refractivity contribution is -0.101. The number of hydrogen-bond donors (Lipinski definition) is 3. The Balaban J connectivity index is 1.90. The topological polar surface area (TPSA) is 79.2 Å². The van der Waals surface area contributed by atoms with E-state index in [-0.39, 0.29) is 13.2 Å². The van der Waals surface area contributed by atoms with Gasteiger partial charge in [0.1, 0.15) is 24.4 Å². The average Bonchev–Trinajstić information content (AvgIpc) is 3.00. The van der Waals surface area contributed by atoms with Crippen molar-refractivity contribution in [2.75, 3.05) is 19.8 Å². The number of ether oxygens (including phenoxy) is 2. The molecule has 0 amide bonds. The molecule has 0 saturated carbocycles. The summed E-state index contributed by atoms with van der Waals surface area (Å²) in [5, 5.41) is 28.7. The van der Waals surface area contributed by atoms with Crippen LogP contribution in [0.5, 0.6) is 0 Å². The van der Waals surface area contributed by atoms with Crippen LogP contribution in [0.3, 0.4) is 0 Å². The van der Waals surface area contributed by atoms with Crippen molar-refractivity contribution in [3.63, 3.8) is 0 Å². The SMILES string of the molecule is CCCCCCCC/C=C/CCCCCCO[C@H](CO)[C@H]1OC[C@H](O)[C@H]1O. The van der Waals surface area contributed by atoms with Gasteiger partial charge >= 0.3 is 0 Å². The lowest BCUT2D eigenvalue weighted by Gasteiger charge is -2.24. The molecule has 0 spiro atoms. The van der Waals surface area contributed by atoms with Crippen LogP contribution in [0, 0.1) is 0 Å².